The average molecular weight is 398 g/mol. The van der Waals surface area contributed by atoms with E-state index in [-0.39, 0.29) is 5.78 Å². The topological polar surface area (TPSA) is 44.1 Å². The molecule has 1 aliphatic rings. The van der Waals surface area contributed by atoms with Crippen molar-refractivity contribution in [3.05, 3.63) is 94.5 Å². The molecule has 1 aliphatic carbocycles. The third kappa shape index (κ3) is 3.19. The summed E-state index contributed by atoms with van der Waals surface area (Å²) in [5.41, 5.74) is 5.36. The molecule has 0 atom stereocenters. The van der Waals surface area contributed by atoms with E-state index in [9.17, 15) is 4.79 Å². The molecular weight excluding hydrogens is 380 g/mol. The molecule has 29 heavy (non-hydrogen) atoms. The number of ketones is 1. The number of allylic oxidation sites excluding steroid dienone is 1. The number of Topliss-reactive ketones (excluding diaryl/α,β-unsaturated/α-hetero) is 1. The second-order valence-corrected chi connectivity index (χ2v) is 7.84. The van der Waals surface area contributed by atoms with Gasteiger partial charge in [-0.1, -0.05) is 24.3 Å². The molecule has 4 nitrogen and oxygen atoms in total. The molecule has 0 saturated carbocycles. The number of hydrogen-bond acceptors (Lipinski definition) is 4. The highest BCUT2D eigenvalue weighted by Gasteiger charge is 2.26. The summed E-state index contributed by atoms with van der Waals surface area (Å²) >= 11 is 1.64. The van der Waals surface area contributed by atoms with Gasteiger partial charge in [0.15, 0.2) is 5.78 Å². The lowest BCUT2D eigenvalue weighted by atomic mass is 10.1. The van der Waals surface area contributed by atoms with Crippen LogP contribution in [0.2, 0.25) is 0 Å². The maximum atomic E-state index is 12.9. The summed E-state index contributed by atoms with van der Waals surface area (Å²) in [5.74, 6) is 0.848. The minimum absolute atomic E-state index is 0.0762. The first-order chi connectivity index (χ1) is 14.2. The first-order valence-electron chi connectivity index (χ1n) is 9.34. The number of fused-ring (bicyclic) bond motifs is 1. The number of nitrogens with zero attached hydrogens (tertiary/aromatic N) is 2. The van der Waals surface area contributed by atoms with Gasteiger partial charge in [-0.25, -0.2) is 4.68 Å². The van der Waals surface area contributed by atoms with E-state index in [1.807, 2.05) is 76.9 Å². The average Bonchev–Trinajstić information content (AvgIpc) is 3.49. The number of ether oxygens (including phenoxy) is 1. The van der Waals surface area contributed by atoms with Crippen molar-refractivity contribution >= 4 is 23.2 Å². The molecule has 0 saturated heterocycles. The number of benzene rings is 2. The fraction of sp³-hybridized carbons (Fsp3) is 0.0833. The summed E-state index contributed by atoms with van der Waals surface area (Å²) in [6.07, 6.45) is 4.58. The number of aromatic nitrogens is 2. The van der Waals surface area contributed by atoms with Crippen LogP contribution in [0.4, 0.5) is 0 Å². The number of carbonyl (C=O) groups is 1. The first kappa shape index (κ1) is 17.6. The van der Waals surface area contributed by atoms with Crippen molar-refractivity contribution in [2.75, 3.05) is 7.11 Å². The van der Waals surface area contributed by atoms with Gasteiger partial charge in [-0.05, 0) is 53.4 Å². The molecule has 0 aliphatic heterocycles. The zero-order valence-corrected chi connectivity index (χ0v) is 16.6. The first-order valence-corrected chi connectivity index (χ1v) is 10.2. The highest BCUT2D eigenvalue weighted by atomic mass is 32.1. The molecule has 0 unspecified atom stereocenters. The van der Waals surface area contributed by atoms with E-state index < -0.39 is 0 Å². The summed E-state index contributed by atoms with van der Waals surface area (Å²) in [7, 11) is 1.64. The van der Waals surface area contributed by atoms with Gasteiger partial charge in [0.05, 0.1) is 17.7 Å². The number of para-hydroxylation sites is 1. The molecule has 5 heteroatoms. The van der Waals surface area contributed by atoms with Crippen molar-refractivity contribution in [1.82, 2.24) is 9.78 Å². The molecule has 0 amide bonds. The van der Waals surface area contributed by atoms with Crippen molar-refractivity contribution in [2.24, 2.45) is 0 Å². The van der Waals surface area contributed by atoms with Crippen molar-refractivity contribution in [3.63, 3.8) is 0 Å². The minimum Gasteiger partial charge on any atom is -0.497 e. The molecule has 0 radical (unpaired) electrons. The quantitative estimate of drug-likeness (QED) is 0.431. The van der Waals surface area contributed by atoms with Crippen LogP contribution in [0.5, 0.6) is 5.75 Å². The van der Waals surface area contributed by atoms with Crippen molar-refractivity contribution in [3.8, 4) is 22.0 Å². The summed E-state index contributed by atoms with van der Waals surface area (Å²) in [6, 6.07) is 19.7. The third-order valence-corrected chi connectivity index (χ3v) is 5.95. The van der Waals surface area contributed by atoms with Gasteiger partial charge in [-0.15, -0.1) is 11.3 Å². The zero-order chi connectivity index (χ0) is 19.8. The molecule has 4 aromatic rings. The fourth-order valence-electron chi connectivity index (χ4n) is 3.64. The van der Waals surface area contributed by atoms with Gasteiger partial charge >= 0.3 is 0 Å². The molecular formula is C24H18N2O2S. The van der Waals surface area contributed by atoms with Crippen molar-refractivity contribution in [1.29, 1.82) is 0 Å². The molecule has 5 rings (SSSR count). The van der Waals surface area contributed by atoms with E-state index in [0.29, 0.717) is 6.42 Å². The number of hydrogen-bond donors (Lipinski definition) is 0. The lowest BCUT2D eigenvalue weighted by Gasteiger charge is -2.01. The van der Waals surface area contributed by atoms with E-state index in [1.54, 1.807) is 18.4 Å². The lowest BCUT2D eigenvalue weighted by Crippen LogP contribution is -1.95. The molecule has 0 fully saturated rings. The Morgan fingerprint density at radius 2 is 1.97 bits per heavy atom. The van der Waals surface area contributed by atoms with Gasteiger partial charge in [0.2, 0.25) is 0 Å². The SMILES string of the molecule is COc1ccc2c(c1)C/C(=C/c1cn(-c3ccccc3)nc1-c1cccs1)C2=O. The monoisotopic (exact) mass is 398 g/mol. The Morgan fingerprint density at radius 1 is 1.10 bits per heavy atom. The molecule has 2 aromatic carbocycles. The van der Waals surface area contributed by atoms with Gasteiger partial charge in [0.1, 0.15) is 11.4 Å². The van der Waals surface area contributed by atoms with Crippen LogP contribution in [0.3, 0.4) is 0 Å². The third-order valence-electron chi connectivity index (χ3n) is 5.08. The molecule has 142 valence electrons. The van der Waals surface area contributed by atoms with Crippen LogP contribution in [0.15, 0.2) is 77.8 Å². The Kier molecular flexibility index (Phi) is 4.37. The second kappa shape index (κ2) is 7.18. The maximum absolute atomic E-state index is 12.9. The molecule has 0 spiro atoms. The predicted octanol–water partition coefficient (Wildman–Crippen LogP) is 5.43. The highest BCUT2D eigenvalue weighted by Crippen LogP contribution is 2.34. The van der Waals surface area contributed by atoms with Crippen LogP contribution in [0.25, 0.3) is 22.3 Å². The summed E-state index contributed by atoms with van der Waals surface area (Å²) < 4.78 is 7.18. The van der Waals surface area contributed by atoms with Crippen LogP contribution in [0.1, 0.15) is 21.5 Å². The van der Waals surface area contributed by atoms with Crippen LogP contribution >= 0.6 is 11.3 Å². The normalized spacial score (nSPS) is 14.4. The maximum Gasteiger partial charge on any atom is 0.189 e. The largest absolute Gasteiger partial charge is 0.497 e. The smallest absolute Gasteiger partial charge is 0.189 e. The number of methoxy groups -OCH3 is 1. The van der Waals surface area contributed by atoms with Crippen LogP contribution < -0.4 is 4.74 Å². The van der Waals surface area contributed by atoms with E-state index in [2.05, 4.69) is 6.07 Å². The van der Waals surface area contributed by atoms with Gasteiger partial charge in [-0.3, -0.25) is 4.79 Å². The number of carbonyl (C=O) groups excluding carboxylic acids is 1. The van der Waals surface area contributed by atoms with E-state index in [0.717, 1.165) is 44.3 Å². The van der Waals surface area contributed by atoms with E-state index in [1.165, 1.54) is 0 Å². The molecule has 0 bridgehead atoms. The standard InChI is InChI=1S/C24H18N2O2S/c1-28-20-9-10-21-16(14-20)12-17(24(21)27)13-18-15-26(19-6-3-2-4-7-19)25-23(18)22-8-5-11-29-22/h2-11,13-15H,12H2,1H3/b17-13-. The van der Waals surface area contributed by atoms with Crippen molar-refractivity contribution in [2.45, 2.75) is 6.42 Å². The Morgan fingerprint density at radius 3 is 2.72 bits per heavy atom. The Balaban J connectivity index is 1.59. The highest BCUT2D eigenvalue weighted by molar-refractivity contribution is 7.13. The van der Waals surface area contributed by atoms with Crippen LogP contribution in [-0.4, -0.2) is 22.7 Å². The Bertz CT molecular complexity index is 1220. The summed E-state index contributed by atoms with van der Waals surface area (Å²) in [5, 5.41) is 6.86. The molecule has 2 heterocycles. The zero-order valence-electron chi connectivity index (χ0n) is 15.8. The fourth-order valence-corrected chi connectivity index (χ4v) is 4.37. The van der Waals surface area contributed by atoms with E-state index >= 15 is 0 Å². The number of rotatable bonds is 4. The van der Waals surface area contributed by atoms with E-state index in [4.69, 9.17) is 9.84 Å². The van der Waals surface area contributed by atoms with Crippen molar-refractivity contribution < 1.29 is 9.53 Å². The van der Waals surface area contributed by atoms with Crippen LogP contribution in [-0.2, 0) is 6.42 Å². The van der Waals surface area contributed by atoms with Gasteiger partial charge < -0.3 is 4.74 Å². The molecule has 0 N–H and O–H groups in total. The van der Waals surface area contributed by atoms with Gasteiger partial charge in [0, 0.05) is 29.3 Å². The lowest BCUT2D eigenvalue weighted by molar-refractivity contribution is 0.104. The Labute approximate surface area is 172 Å². The summed E-state index contributed by atoms with van der Waals surface area (Å²) in [6.45, 7) is 0. The number of thiophene rings is 1. The molecule has 2 aromatic heterocycles. The Hall–Kier alpha value is -3.44. The predicted molar refractivity (Wildman–Crippen MR) is 116 cm³/mol. The van der Waals surface area contributed by atoms with Gasteiger partial charge in [-0.2, -0.15) is 5.10 Å². The van der Waals surface area contributed by atoms with Gasteiger partial charge in [0.25, 0.3) is 0 Å². The minimum atomic E-state index is 0.0762. The summed E-state index contributed by atoms with van der Waals surface area (Å²) in [4.78, 5) is 14.0. The second-order valence-electron chi connectivity index (χ2n) is 6.89. The van der Waals surface area contributed by atoms with Crippen LogP contribution in [0, 0.1) is 0 Å².